The van der Waals surface area contributed by atoms with E-state index in [0.717, 1.165) is 24.9 Å². The van der Waals surface area contributed by atoms with Gasteiger partial charge in [-0.15, -0.1) is 0 Å². The number of nitrogens with zero attached hydrogens (tertiary/aromatic N) is 1. The quantitative estimate of drug-likeness (QED) is 0.790. The highest BCUT2D eigenvalue weighted by atomic mass is 16.5. The lowest BCUT2D eigenvalue weighted by molar-refractivity contribution is 0.240. The van der Waals surface area contributed by atoms with Gasteiger partial charge in [-0.25, -0.2) is 0 Å². The lowest BCUT2D eigenvalue weighted by Crippen LogP contribution is -2.38. The highest BCUT2D eigenvalue weighted by Gasteiger charge is 2.28. The Labute approximate surface area is 123 Å². The van der Waals surface area contributed by atoms with Gasteiger partial charge in [0.2, 0.25) is 0 Å². The number of hydrogen-bond donors (Lipinski definition) is 1. The molecule has 0 radical (unpaired) electrons. The molecule has 1 atom stereocenters. The number of benzene rings is 1. The SMILES string of the molecule is CC(C)Oc1ccc(CNCC(C)N(C)C2CC2)cc1. The van der Waals surface area contributed by atoms with Crippen molar-refractivity contribution in [1.82, 2.24) is 10.2 Å². The van der Waals surface area contributed by atoms with E-state index in [9.17, 15) is 0 Å². The van der Waals surface area contributed by atoms with Crippen LogP contribution >= 0.6 is 0 Å². The largest absolute Gasteiger partial charge is 0.491 e. The van der Waals surface area contributed by atoms with Crippen LogP contribution in [-0.2, 0) is 6.54 Å². The maximum atomic E-state index is 5.65. The Kier molecular flexibility index (Phi) is 5.44. The second-order valence-corrected chi connectivity index (χ2v) is 6.19. The zero-order valence-corrected chi connectivity index (χ0v) is 13.2. The molecular weight excluding hydrogens is 248 g/mol. The molecule has 1 aromatic rings. The summed E-state index contributed by atoms with van der Waals surface area (Å²) >= 11 is 0. The summed E-state index contributed by atoms with van der Waals surface area (Å²) in [5.41, 5.74) is 1.31. The molecule has 112 valence electrons. The Morgan fingerprint density at radius 2 is 1.85 bits per heavy atom. The lowest BCUT2D eigenvalue weighted by Gasteiger charge is -2.24. The van der Waals surface area contributed by atoms with Crippen molar-refractivity contribution in [1.29, 1.82) is 0 Å². The average molecular weight is 276 g/mol. The molecule has 1 fully saturated rings. The van der Waals surface area contributed by atoms with Crippen molar-refractivity contribution in [3.63, 3.8) is 0 Å². The Hall–Kier alpha value is -1.06. The van der Waals surface area contributed by atoms with Gasteiger partial charge >= 0.3 is 0 Å². The molecule has 1 unspecified atom stereocenters. The normalized spacial score (nSPS) is 16.7. The van der Waals surface area contributed by atoms with E-state index in [1.54, 1.807) is 0 Å². The minimum atomic E-state index is 0.234. The maximum Gasteiger partial charge on any atom is 0.119 e. The van der Waals surface area contributed by atoms with Crippen LogP contribution in [-0.4, -0.2) is 36.7 Å². The summed E-state index contributed by atoms with van der Waals surface area (Å²) < 4.78 is 5.65. The third-order valence-corrected chi connectivity index (χ3v) is 3.88. The van der Waals surface area contributed by atoms with E-state index >= 15 is 0 Å². The van der Waals surface area contributed by atoms with Crippen molar-refractivity contribution in [2.75, 3.05) is 13.6 Å². The summed E-state index contributed by atoms with van der Waals surface area (Å²) in [5.74, 6) is 0.950. The molecule has 0 aliphatic heterocycles. The van der Waals surface area contributed by atoms with Gasteiger partial charge in [-0.1, -0.05) is 12.1 Å². The van der Waals surface area contributed by atoms with Gasteiger partial charge in [-0.05, 0) is 58.4 Å². The fourth-order valence-electron chi connectivity index (χ4n) is 2.37. The molecular formula is C17H28N2O. The van der Waals surface area contributed by atoms with Crippen molar-refractivity contribution in [3.05, 3.63) is 29.8 Å². The fourth-order valence-corrected chi connectivity index (χ4v) is 2.37. The van der Waals surface area contributed by atoms with Gasteiger partial charge in [0, 0.05) is 25.2 Å². The van der Waals surface area contributed by atoms with E-state index in [4.69, 9.17) is 4.74 Å². The predicted octanol–water partition coefficient (Wildman–Crippen LogP) is 3.05. The molecule has 2 rings (SSSR count). The molecule has 0 spiro atoms. The molecule has 3 heteroatoms. The molecule has 3 nitrogen and oxygen atoms in total. The maximum absolute atomic E-state index is 5.65. The van der Waals surface area contributed by atoms with Gasteiger partial charge in [0.15, 0.2) is 0 Å². The van der Waals surface area contributed by atoms with Crippen molar-refractivity contribution in [2.24, 2.45) is 0 Å². The van der Waals surface area contributed by atoms with Gasteiger partial charge < -0.3 is 10.1 Å². The van der Waals surface area contributed by atoms with Crippen molar-refractivity contribution in [3.8, 4) is 5.75 Å². The monoisotopic (exact) mass is 276 g/mol. The van der Waals surface area contributed by atoms with Crippen molar-refractivity contribution < 1.29 is 4.74 Å². The highest BCUT2D eigenvalue weighted by Crippen LogP contribution is 2.26. The third kappa shape index (κ3) is 4.80. The van der Waals surface area contributed by atoms with E-state index in [-0.39, 0.29) is 6.10 Å². The molecule has 0 saturated heterocycles. The minimum absolute atomic E-state index is 0.234. The zero-order valence-electron chi connectivity index (χ0n) is 13.2. The van der Waals surface area contributed by atoms with E-state index in [0.29, 0.717) is 6.04 Å². The number of rotatable bonds is 8. The smallest absolute Gasteiger partial charge is 0.119 e. The van der Waals surface area contributed by atoms with Gasteiger partial charge in [-0.2, -0.15) is 0 Å². The number of ether oxygens (including phenoxy) is 1. The first-order valence-corrected chi connectivity index (χ1v) is 7.74. The van der Waals surface area contributed by atoms with Crippen LogP contribution in [0.2, 0.25) is 0 Å². The van der Waals surface area contributed by atoms with E-state index < -0.39 is 0 Å². The number of likely N-dealkylation sites (N-methyl/N-ethyl adjacent to an activating group) is 1. The zero-order chi connectivity index (χ0) is 14.5. The minimum Gasteiger partial charge on any atom is -0.491 e. The highest BCUT2D eigenvalue weighted by molar-refractivity contribution is 5.27. The first kappa shape index (κ1) is 15.3. The second kappa shape index (κ2) is 7.09. The number of hydrogen-bond acceptors (Lipinski definition) is 3. The van der Waals surface area contributed by atoms with Gasteiger partial charge in [0.05, 0.1) is 6.10 Å². The molecule has 1 N–H and O–H groups in total. The van der Waals surface area contributed by atoms with E-state index in [2.05, 4.69) is 48.5 Å². The van der Waals surface area contributed by atoms with Gasteiger partial charge in [-0.3, -0.25) is 4.90 Å². The van der Waals surface area contributed by atoms with Crippen LogP contribution in [0.1, 0.15) is 39.2 Å². The summed E-state index contributed by atoms with van der Waals surface area (Å²) in [6, 6.07) is 9.82. The van der Waals surface area contributed by atoms with E-state index in [1.807, 2.05) is 13.8 Å². The Bertz CT molecular complexity index is 398. The lowest BCUT2D eigenvalue weighted by atomic mass is 10.2. The predicted molar refractivity (Wildman–Crippen MR) is 84.2 cm³/mol. The van der Waals surface area contributed by atoms with Crippen LogP contribution in [0.5, 0.6) is 5.75 Å². The van der Waals surface area contributed by atoms with Crippen molar-refractivity contribution in [2.45, 2.75) is 58.3 Å². The Balaban J connectivity index is 1.70. The van der Waals surface area contributed by atoms with Crippen molar-refractivity contribution >= 4 is 0 Å². The fraction of sp³-hybridized carbons (Fsp3) is 0.647. The molecule has 0 bridgehead atoms. The van der Waals surface area contributed by atoms with Crippen LogP contribution in [0.4, 0.5) is 0 Å². The molecule has 1 aliphatic rings. The Morgan fingerprint density at radius 1 is 1.20 bits per heavy atom. The summed E-state index contributed by atoms with van der Waals surface area (Å²) in [7, 11) is 2.24. The first-order valence-electron chi connectivity index (χ1n) is 7.74. The van der Waals surface area contributed by atoms with Crippen LogP contribution in [0.15, 0.2) is 24.3 Å². The summed E-state index contributed by atoms with van der Waals surface area (Å²) in [4.78, 5) is 2.49. The molecule has 1 aromatic carbocycles. The molecule has 1 aliphatic carbocycles. The number of nitrogens with one attached hydrogen (secondary N) is 1. The molecule has 1 saturated carbocycles. The standard InChI is InChI=1S/C17H28N2O/c1-13(2)20-17-9-5-15(6-10-17)12-18-11-14(3)19(4)16-7-8-16/h5-6,9-10,13-14,16,18H,7-8,11-12H2,1-4H3. The second-order valence-electron chi connectivity index (χ2n) is 6.19. The van der Waals surface area contributed by atoms with Crippen LogP contribution < -0.4 is 10.1 Å². The molecule has 0 amide bonds. The third-order valence-electron chi connectivity index (χ3n) is 3.88. The first-order chi connectivity index (χ1) is 9.56. The van der Waals surface area contributed by atoms with Gasteiger partial charge in [0.1, 0.15) is 5.75 Å². The molecule has 0 heterocycles. The average Bonchev–Trinajstić information content (AvgIpc) is 3.23. The van der Waals surface area contributed by atoms with Gasteiger partial charge in [0.25, 0.3) is 0 Å². The molecule has 0 aromatic heterocycles. The topological polar surface area (TPSA) is 24.5 Å². The van der Waals surface area contributed by atoms with Crippen LogP contribution in [0.3, 0.4) is 0 Å². The summed E-state index contributed by atoms with van der Waals surface area (Å²) in [5, 5.41) is 3.54. The van der Waals surface area contributed by atoms with E-state index in [1.165, 1.54) is 18.4 Å². The molecule has 20 heavy (non-hydrogen) atoms. The van der Waals surface area contributed by atoms with Crippen LogP contribution in [0, 0.1) is 0 Å². The van der Waals surface area contributed by atoms with Crippen LogP contribution in [0.25, 0.3) is 0 Å². The summed E-state index contributed by atoms with van der Waals surface area (Å²) in [6.45, 7) is 8.35. The Morgan fingerprint density at radius 3 is 2.40 bits per heavy atom. The summed E-state index contributed by atoms with van der Waals surface area (Å²) in [6.07, 6.45) is 2.98.